The van der Waals surface area contributed by atoms with Gasteiger partial charge in [-0.15, -0.1) is 0 Å². The molecule has 2 aliphatic rings. The zero-order valence-corrected chi connectivity index (χ0v) is 11.5. The van der Waals surface area contributed by atoms with E-state index >= 15 is 0 Å². The van der Waals surface area contributed by atoms with Crippen LogP contribution in [0.3, 0.4) is 0 Å². The number of ether oxygens (including phenoxy) is 1. The van der Waals surface area contributed by atoms with Crippen LogP contribution in [0.5, 0.6) is 0 Å². The molecule has 4 heteroatoms. The average molecular weight is 254 g/mol. The molecular formula is C14H26N2O2. The number of methoxy groups -OCH3 is 1. The Bertz CT molecular complexity index is 269. The van der Waals surface area contributed by atoms with Crippen molar-refractivity contribution < 1.29 is 9.53 Å². The number of hydrogen-bond donors (Lipinski definition) is 2. The van der Waals surface area contributed by atoms with E-state index in [0.717, 1.165) is 39.0 Å². The van der Waals surface area contributed by atoms with Crippen LogP contribution in [-0.2, 0) is 9.53 Å². The van der Waals surface area contributed by atoms with Crippen molar-refractivity contribution in [3.8, 4) is 0 Å². The molecule has 1 aliphatic carbocycles. The summed E-state index contributed by atoms with van der Waals surface area (Å²) in [5, 5.41) is 6.41. The Morgan fingerprint density at radius 2 is 2.17 bits per heavy atom. The Labute approximate surface area is 110 Å². The Morgan fingerprint density at radius 3 is 2.78 bits per heavy atom. The largest absolute Gasteiger partial charge is 0.385 e. The molecule has 0 aromatic carbocycles. The van der Waals surface area contributed by atoms with E-state index in [1.54, 1.807) is 7.11 Å². The van der Waals surface area contributed by atoms with E-state index in [2.05, 4.69) is 10.6 Å². The zero-order valence-electron chi connectivity index (χ0n) is 11.5. The van der Waals surface area contributed by atoms with Gasteiger partial charge in [0.2, 0.25) is 5.91 Å². The molecule has 0 aromatic heterocycles. The van der Waals surface area contributed by atoms with Crippen molar-refractivity contribution in [2.24, 2.45) is 5.41 Å². The van der Waals surface area contributed by atoms with E-state index < -0.39 is 0 Å². The maximum absolute atomic E-state index is 12.0. The van der Waals surface area contributed by atoms with E-state index in [1.165, 1.54) is 25.7 Å². The summed E-state index contributed by atoms with van der Waals surface area (Å²) >= 11 is 0. The Morgan fingerprint density at radius 1 is 1.39 bits per heavy atom. The molecule has 1 saturated carbocycles. The van der Waals surface area contributed by atoms with E-state index in [-0.39, 0.29) is 11.9 Å². The maximum Gasteiger partial charge on any atom is 0.237 e. The molecule has 1 heterocycles. The normalized spacial score (nSPS) is 26.4. The first-order chi connectivity index (χ1) is 8.76. The molecule has 2 rings (SSSR count). The number of nitrogens with one attached hydrogen (secondary N) is 2. The molecule has 0 spiro atoms. The number of carbonyl (C=O) groups excluding carboxylic acids is 1. The topological polar surface area (TPSA) is 50.4 Å². The quantitative estimate of drug-likeness (QED) is 0.754. The van der Waals surface area contributed by atoms with Gasteiger partial charge in [0.1, 0.15) is 0 Å². The van der Waals surface area contributed by atoms with Gasteiger partial charge in [0.25, 0.3) is 0 Å². The molecule has 104 valence electrons. The highest BCUT2D eigenvalue weighted by molar-refractivity contribution is 5.82. The standard InChI is InChI=1S/C14H26N2O2/c1-18-10-8-14(6-2-3-7-14)11-16-13(17)12-5-4-9-15-12/h12,15H,2-11H2,1H3,(H,16,17). The lowest BCUT2D eigenvalue weighted by molar-refractivity contribution is -0.123. The first-order valence-electron chi connectivity index (χ1n) is 7.26. The molecule has 1 aliphatic heterocycles. The van der Waals surface area contributed by atoms with Crippen LogP contribution in [0.15, 0.2) is 0 Å². The highest BCUT2D eigenvalue weighted by Crippen LogP contribution is 2.40. The van der Waals surface area contributed by atoms with Crippen molar-refractivity contribution in [1.29, 1.82) is 0 Å². The molecule has 1 unspecified atom stereocenters. The highest BCUT2D eigenvalue weighted by atomic mass is 16.5. The van der Waals surface area contributed by atoms with E-state index in [1.807, 2.05) is 0 Å². The van der Waals surface area contributed by atoms with Crippen molar-refractivity contribution >= 4 is 5.91 Å². The lowest BCUT2D eigenvalue weighted by Gasteiger charge is -2.29. The van der Waals surface area contributed by atoms with Crippen LogP contribution in [0, 0.1) is 5.41 Å². The molecule has 2 fully saturated rings. The number of carbonyl (C=O) groups is 1. The minimum absolute atomic E-state index is 0.0471. The summed E-state index contributed by atoms with van der Waals surface area (Å²) in [5.74, 6) is 0.191. The summed E-state index contributed by atoms with van der Waals surface area (Å²) in [6.45, 7) is 2.61. The summed E-state index contributed by atoms with van der Waals surface area (Å²) in [7, 11) is 1.75. The molecule has 1 saturated heterocycles. The lowest BCUT2D eigenvalue weighted by atomic mass is 9.83. The summed E-state index contributed by atoms with van der Waals surface area (Å²) < 4.78 is 5.21. The van der Waals surface area contributed by atoms with Crippen molar-refractivity contribution in [1.82, 2.24) is 10.6 Å². The summed E-state index contributed by atoms with van der Waals surface area (Å²) in [4.78, 5) is 12.0. The third-order valence-electron chi connectivity index (χ3n) is 4.52. The predicted octanol–water partition coefficient (Wildman–Crippen LogP) is 1.45. The molecule has 1 amide bonds. The maximum atomic E-state index is 12.0. The van der Waals surface area contributed by atoms with Crippen LogP contribution < -0.4 is 10.6 Å². The van der Waals surface area contributed by atoms with Crippen molar-refractivity contribution in [2.75, 3.05) is 26.8 Å². The van der Waals surface area contributed by atoms with Gasteiger partial charge < -0.3 is 15.4 Å². The molecule has 18 heavy (non-hydrogen) atoms. The second kappa shape index (κ2) is 6.53. The van der Waals surface area contributed by atoms with Gasteiger partial charge in [-0.05, 0) is 44.1 Å². The monoisotopic (exact) mass is 254 g/mol. The molecular weight excluding hydrogens is 228 g/mol. The third-order valence-corrected chi connectivity index (χ3v) is 4.52. The van der Waals surface area contributed by atoms with Crippen LogP contribution in [0.2, 0.25) is 0 Å². The Hall–Kier alpha value is -0.610. The number of rotatable bonds is 6. The second-order valence-corrected chi connectivity index (χ2v) is 5.82. The SMILES string of the molecule is COCCC1(CNC(=O)C2CCCN2)CCCC1. The third kappa shape index (κ3) is 3.45. The second-order valence-electron chi connectivity index (χ2n) is 5.82. The average Bonchev–Trinajstić information content (AvgIpc) is 3.05. The predicted molar refractivity (Wildman–Crippen MR) is 71.4 cm³/mol. The minimum atomic E-state index is 0.0471. The fourth-order valence-corrected chi connectivity index (χ4v) is 3.26. The fraction of sp³-hybridized carbons (Fsp3) is 0.929. The lowest BCUT2D eigenvalue weighted by Crippen LogP contribution is -2.44. The number of amides is 1. The van der Waals surface area contributed by atoms with Crippen molar-refractivity contribution in [3.63, 3.8) is 0 Å². The molecule has 0 radical (unpaired) electrons. The van der Waals surface area contributed by atoms with Crippen LogP contribution in [-0.4, -0.2) is 38.8 Å². The van der Waals surface area contributed by atoms with Gasteiger partial charge >= 0.3 is 0 Å². The molecule has 0 aromatic rings. The zero-order chi connectivity index (χ0) is 12.8. The van der Waals surface area contributed by atoms with Gasteiger partial charge in [0.05, 0.1) is 6.04 Å². The van der Waals surface area contributed by atoms with Gasteiger partial charge in [0.15, 0.2) is 0 Å². The van der Waals surface area contributed by atoms with Gasteiger partial charge in [-0.1, -0.05) is 12.8 Å². The van der Waals surface area contributed by atoms with Gasteiger partial charge in [-0.2, -0.15) is 0 Å². The van der Waals surface area contributed by atoms with Gasteiger partial charge in [-0.3, -0.25) is 4.79 Å². The summed E-state index contributed by atoms with van der Waals surface area (Å²) in [5.41, 5.74) is 0.296. The van der Waals surface area contributed by atoms with Gasteiger partial charge in [-0.25, -0.2) is 0 Å². The minimum Gasteiger partial charge on any atom is -0.385 e. The van der Waals surface area contributed by atoms with Crippen LogP contribution in [0.4, 0.5) is 0 Å². The van der Waals surface area contributed by atoms with E-state index in [4.69, 9.17) is 4.74 Å². The van der Waals surface area contributed by atoms with E-state index in [0.29, 0.717) is 5.41 Å². The molecule has 0 bridgehead atoms. The smallest absolute Gasteiger partial charge is 0.237 e. The summed E-state index contributed by atoms with van der Waals surface area (Å²) in [6.07, 6.45) is 8.22. The van der Waals surface area contributed by atoms with Crippen molar-refractivity contribution in [2.45, 2.75) is 51.0 Å². The molecule has 1 atom stereocenters. The van der Waals surface area contributed by atoms with Crippen LogP contribution >= 0.6 is 0 Å². The fourth-order valence-electron chi connectivity index (χ4n) is 3.26. The Balaban J connectivity index is 1.79. The first-order valence-corrected chi connectivity index (χ1v) is 7.26. The highest BCUT2D eigenvalue weighted by Gasteiger charge is 2.34. The molecule has 2 N–H and O–H groups in total. The number of hydrogen-bond acceptors (Lipinski definition) is 3. The van der Waals surface area contributed by atoms with E-state index in [9.17, 15) is 4.79 Å². The summed E-state index contributed by atoms with van der Waals surface area (Å²) in [6, 6.07) is 0.0471. The van der Waals surface area contributed by atoms with Crippen molar-refractivity contribution in [3.05, 3.63) is 0 Å². The molecule has 4 nitrogen and oxygen atoms in total. The first kappa shape index (κ1) is 13.8. The van der Waals surface area contributed by atoms with Crippen LogP contribution in [0.1, 0.15) is 44.9 Å². The Kier molecular flexibility index (Phi) is 5.01. The van der Waals surface area contributed by atoms with Crippen LogP contribution in [0.25, 0.3) is 0 Å². The van der Waals surface area contributed by atoms with Gasteiger partial charge in [0, 0.05) is 20.3 Å².